The van der Waals surface area contributed by atoms with Gasteiger partial charge in [-0.3, -0.25) is 19.9 Å². The topological polar surface area (TPSA) is 199 Å². The van der Waals surface area contributed by atoms with Gasteiger partial charge in [0.2, 0.25) is 0 Å². The third-order valence-corrected chi connectivity index (χ3v) is 10.1. The van der Waals surface area contributed by atoms with Crippen molar-refractivity contribution in [3.63, 3.8) is 0 Å². The van der Waals surface area contributed by atoms with Crippen LogP contribution in [0.4, 0.5) is 0 Å². The highest BCUT2D eigenvalue weighted by atomic mass is 16.3. The molecule has 0 bridgehead atoms. The van der Waals surface area contributed by atoms with E-state index in [2.05, 4.69) is 90.6 Å². The standard InChI is InChI=1S/C14H10.C12H8N2.2C8H12N2.2C6H6O3/c1-2-6-12-10-14-8-4-3-7-13(14)9-11(12)5-1;1-2-6-10-9(5-1)13-11-7-3-4-8-12(11)14-10;2*1-5-6(2)10-8(4)7(3)9-5;2*7-4-1-5(8)3-6(9)2-4/h1-10H;1-8H;2*1-4H3;2*1-3,7-9H. The van der Waals surface area contributed by atoms with Gasteiger partial charge in [-0.1, -0.05) is 72.8 Å². The summed E-state index contributed by atoms with van der Waals surface area (Å²) in [6, 6.07) is 44.1. The van der Waals surface area contributed by atoms with Crippen LogP contribution in [-0.4, -0.2) is 60.5 Å². The minimum absolute atomic E-state index is 0.146. The number of para-hydroxylation sites is 4. The Labute approximate surface area is 383 Å². The van der Waals surface area contributed by atoms with Gasteiger partial charge < -0.3 is 30.6 Å². The number of aromatic hydroxyl groups is 6. The highest BCUT2D eigenvalue weighted by Crippen LogP contribution is 2.25. The summed E-state index contributed by atoms with van der Waals surface area (Å²) in [6.45, 7) is 15.8. The number of hydrogen-bond donors (Lipinski definition) is 6. The molecule has 0 aliphatic heterocycles. The first kappa shape index (κ1) is 48.6. The Balaban J connectivity index is 0.000000150. The Morgan fingerprint density at radius 3 is 0.576 bits per heavy atom. The summed E-state index contributed by atoms with van der Waals surface area (Å²) >= 11 is 0. The van der Waals surface area contributed by atoms with Gasteiger partial charge in [-0.2, -0.15) is 0 Å². The lowest BCUT2D eigenvalue weighted by atomic mass is 10.0. The molecular weight excluding hydrogens is 829 g/mol. The fourth-order valence-electron chi connectivity index (χ4n) is 6.26. The molecule has 0 radical (unpaired) electrons. The highest BCUT2D eigenvalue weighted by Gasteiger charge is 2.02. The lowest BCUT2D eigenvalue weighted by molar-refractivity contribution is 0.426. The molecule has 12 heteroatoms. The second-order valence-corrected chi connectivity index (χ2v) is 15.3. The smallest absolute Gasteiger partial charge is 0.122 e. The van der Waals surface area contributed by atoms with Crippen molar-refractivity contribution < 1.29 is 30.6 Å². The van der Waals surface area contributed by atoms with E-state index in [0.29, 0.717) is 0 Å². The number of phenols is 6. The van der Waals surface area contributed by atoms with Crippen molar-refractivity contribution in [1.82, 2.24) is 29.9 Å². The van der Waals surface area contributed by atoms with Gasteiger partial charge in [-0.15, -0.1) is 0 Å². The fourth-order valence-corrected chi connectivity index (χ4v) is 6.26. The molecule has 0 atom stereocenters. The van der Waals surface area contributed by atoms with Gasteiger partial charge in [0.25, 0.3) is 0 Å². The van der Waals surface area contributed by atoms with E-state index in [1.165, 1.54) is 21.5 Å². The van der Waals surface area contributed by atoms with E-state index in [1.54, 1.807) is 0 Å². The number of benzene rings is 7. The van der Waals surface area contributed by atoms with Crippen LogP contribution in [0.2, 0.25) is 0 Å². The second kappa shape index (κ2) is 22.8. The van der Waals surface area contributed by atoms with Crippen LogP contribution in [0, 0.1) is 55.4 Å². The van der Waals surface area contributed by atoms with Crippen LogP contribution < -0.4 is 0 Å². The number of aryl methyl sites for hydroxylation is 8. The van der Waals surface area contributed by atoms with Crippen LogP contribution in [0.15, 0.2) is 146 Å². The van der Waals surface area contributed by atoms with Crippen molar-refractivity contribution in [1.29, 1.82) is 0 Å². The van der Waals surface area contributed by atoms with E-state index < -0.39 is 0 Å². The van der Waals surface area contributed by atoms with Crippen LogP contribution in [0.3, 0.4) is 0 Å². The van der Waals surface area contributed by atoms with Crippen LogP contribution in [0.5, 0.6) is 34.5 Å². The number of phenolic OH excluding ortho intramolecular Hbond substituents is 6. The molecule has 6 N–H and O–H groups in total. The zero-order chi connectivity index (χ0) is 47.9. The summed E-state index contributed by atoms with van der Waals surface area (Å²) in [6.07, 6.45) is 0. The molecule has 10 rings (SSSR count). The highest BCUT2D eigenvalue weighted by molar-refractivity contribution is 5.98. The van der Waals surface area contributed by atoms with Crippen molar-refractivity contribution in [3.05, 3.63) is 191 Å². The zero-order valence-corrected chi connectivity index (χ0v) is 38.2. The monoisotopic (exact) mass is 882 g/mol. The predicted molar refractivity (Wildman–Crippen MR) is 263 cm³/mol. The van der Waals surface area contributed by atoms with E-state index in [0.717, 1.165) is 104 Å². The maximum atomic E-state index is 8.67. The molecule has 0 fully saturated rings. The van der Waals surface area contributed by atoms with Crippen molar-refractivity contribution in [3.8, 4) is 34.5 Å². The Kier molecular flexibility index (Phi) is 16.8. The molecule has 0 aliphatic carbocycles. The average molecular weight is 883 g/mol. The van der Waals surface area contributed by atoms with Gasteiger partial charge in [0.1, 0.15) is 34.5 Å². The summed E-state index contributed by atoms with van der Waals surface area (Å²) in [4.78, 5) is 26.3. The summed E-state index contributed by atoms with van der Waals surface area (Å²) < 4.78 is 0. The molecule has 3 aromatic heterocycles. The first-order chi connectivity index (χ1) is 31.4. The Morgan fingerprint density at radius 1 is 0.227 bits per heavy atom. The molecule has 0 unspecified atom stereocenters. The molecule has 0 saturated carbocycles. The lowest BCUT2D eigenvalue weighted by Crippen LogP contribution is -1.97. The van der Waals surface area contributed by atoms with E-state index in [-0.39, 0.29) is 34.5 Å². The zero-order valence-electron chi connectivity index (χ0n) is 38.2. The fraction of sp³-hybridized carbons (Fsp3) is 0.148. The average Bonchev–Trinajstić information content (AvgIpc) is 3.26. The van der Waals surface area contributed by atoms with Crippen molar-refractivity contribution >= 4 is 43.6 Å². The first-order valence-corrected chi connectivity index (χ1v) is 21.0. The minimum Gasteiger partial charge on any atom is -0.508 e. The summed E-state index contributed by atoms with van der Waals surface area (Å²) in [7, 11) is 0. The lowest BCUT2D eigenvalue weighted by Gasteiger charge is -2.01. The van der Waals surface area contributed by atoms with E-state index in [1.807, 2.05) is 104 Å². The molecule has 336 valence electrons. The molecule has 3 heterocycles. The number of fused-ring (bicyclic) bond motifs is 4. The largest absolute Gasteiger partial charge is 0.508 e. The molecule has 0 spiro atoms. The number of rotatable bonds is 0. The van der Waals surface area contributed by atoms with Crippen LogP contribution in [-0.2, 0) is 0 Å². The molecule has 7 aromatic carbocycles. The van der Waals surface area contributed by atoms with Crippen molar-refractivity contribution in [2.24, 2.45) is 0 Å². The van der Waals surface area contributed by atoms with E-state index in [9.17, 15) is 0 Å². The Morgan fingerprint density at radius 2 is 0.394 bits per heavy atom. The van der Waals surface area contributed by atoms with Gasteiger partial charge in [-0.05, 0) is 113 Å². The summed E-state index contributed by atoms with van der Waals surface area (Å²) in [5, 5.41) is 57.3. The SMILES string of the molecule is Cc1nc(C)c(C)nc1C.Cc1nc(C)c(C)nc1C.Oc1cc(O)cc(O)c1.Oc1cc(O)cc(O)c1.c1ccc2cc3ccccc3cc2c1.c1ccc2nc3ccccc3nc2c1. The van der Waals surface area contributed by atoms with Gasteiger partial charge in [0, 0.05) is 36.4 Å². The summed E-state index contributed by atoms with van der Waals surface area (Å²) in [5.74, 6) is -0.875. The minimum atomic E-state index is -0.146. The Hall–Kier alpha value is -8.38. The first-order valence-electron chi connectivity index (χ1n) is 21.0. The second-order valence-electron chi connectivity index (χ2n) is 15.3. The third kappa shape index (κ3) is 14.3. The molecule has 66 heavy (non-hydrogen) atoms. The predicted octanol–water partition coefficient (Wildman–Crippen LogP) is 11.8. The number of nitrogens with zero attached hydrogens (tertiary/aromatic N) is 6. The normalized spacial score (nSPS) is 10.2. The summed E-state index contributed by atoms with van der Waals surface area (Å²) in [5.41, 5.74) is 12.0. The maximum Gasteiger partial charge on any atom is 0.122 e. The molecular formula is C54H54N6O6. The van der Waals surface area contributed by atoms with E-state index in [4.69, 9.17) is 30.6 Å². The molecule has 0 amide bonds. The van der Waals surface area contributed by atoms with Crippen LogP contribution in [0.25, 0.3) is 43.6 Å². The quantitative estimate of drug-likeness (QED) is 0.0789. The van der Waals surface area contributed by atoms with Gasteiger partial charge in [-0.25, -0.2) is 9.97 Å². The van der Waals surface area contributed by atoms with Crippen molar-refractivity contribution in [2.75, 3.05) is 0 Å². The molecule has 12 nitrogen and oxygen atoms in total. The third-order valence-electron chi connectivity index (χ3n) is 10.1. The maximum absolute atomic E-state index is 8.67. The van der Waals surface area contributed by atoms with E-state index >= 15 is 0 Å². The molecule has 0 saturated heterocycles. The van der Waals surface area contributed by atoms with Gasteiger partial charge >= 0.3 is 0 Å². The van der Waals surface area contributed by atoms with Gasteiger partial charge in [0.15, 0.2) is 0 Å². The van der Waals surface area contributed by atoms with Crippen molar-refractivity contribution in [2.45, 2.75) is 55.4 Å². The number of aromatic nitrogens is 6. The number of hydrogen-bond acceptors (Lipinski definition) is 12. The Bertz CT molecular complexity index is 2610. The van der Waals surface area contributed by atoms with Gasteiger partial charge in [0.05, 0.1) is 67.6 Å². The molecule has 10 aromatic rings. The van der Waals surface area contributed by atoms with Crippen LogP contribution in [0.1, 0.15) is 45.6 Å². The van der Waals surface area contributed by atoms with Crippen LogP contribution >= 0.6 is 0 Å². The molecule has 0 aliphatic rings.